The van der Waals surface area contributed by atoms with E-state index in [2.05, 4.69) is 23.3 Å². The molecule has 1 aromatic carbocycles. The standard InChI is InChI=1S/C13H16N2O2/c1-9-2-3-11-12(6-9)17-13(15-11)7-10-8-16-5-4-14-10/h2-3,6,10,14H,4-5,7-8H2,1H3. The molecule has 90 valence electrons. The van der Waals surface area contributed by atoms with Crippen LogP contribution in [0.3, 0.4) is 0 Å². The molecule has 1 atom stereocenters. The van der Waals surface area contributed by atoms with Crippen molar-refractivity contribution in [3.8, 4) is 0 Å². The van der Waals surface area contributed by atoms with Gasteiger partial charge >= 0.3 is 0 Å². The first-order valence-electron chi connectivity index (χ1n) is 5.98. The maximum Gasteiger partial charge on any atom is 0.197 e. The molecule has 1 aliphatic rings. The van der Waals surface area contributed by atoms with Gasteiger partial charge in [-0.1, -0.05) is 6.07 Å². The number of hydrogen-bond donors (Lipinski definition) is 1. The number of hydrogen-bond acceptors (Lipinski definition) is 4. The molecule has 0 spiro atoms. The molecule has 17 heavy (non-hydrogen) atoms. The maximum atomic E-state index is 5.74. The molecule has 4 nitrogen and oxygen atoms in total. The van der Waals surface area contributed by atoms with Gasteiger partial charge in [0.25, 0.3) is 0 Å². The van der Waals surface area contributed by atoms with Crippen LogP contribution in [0, 0.1) is 6.92 Å². The molecule has 4 heteroatoms. The molecule has 2 aromatic rings. The molecule has 2 heterocycles. The largest absolute Gasteiger partial charge is 0.441 e. The molecule has 1 saturated heterocycles. The number of morpholine rings is 1. The highest BCUT2D eigenvalue weighted by Crippen LogP contribution is 2.18. The van der Waals surface area contributed by atoms with E-state index < -0.39 is 0 Å². The number of aromatic nitrogens is 1. The number of oxazole rings is 1. The Hall–Kier alpha value is -1.39. The molecule has 0 saturated carbocycles. The second-order valence-electron chi connectivity index (χ2n) is 4.51. The molecule has 0 radical (unpaired) electrons. The Balaban J connectivity index is 1.80. The van der Waals surface area contributed by atoms with Crippen molar-refractivity contribution >= 4 is 11.1 Å². The van der Waals surface area contributed by atoms with E-state index in [0.29, 0.717) is 6.04 Å². The smallest absolute Gasteiger partial charge is 0.197 e. The van der Waals surface area contributed by atoms with Crippen LogP contribution in [0.4, 0.5) is 0 Å². The molecule has 3 rings (SSSR count). The zero-order valence-corrected chi connectivity index (χ0v) is 9.90. The lowest BCUT2D eigenvalue weighted by molar-refractivity contribution is 0.0751. The third-order valence-corrected chi connectivity index (χ3v) is 3.01. The topological polar surface area (TPSA) is 47.3 Å². The quantitative estimate of drug-likeness (QED) is 0.855. The average molecular weight is 232 g/mol. The summed E-state index contributed by atoms with van der Waals surface area (Å²) in [6, 6.07) is 6.40. The van der Waals surface area contributed by atoms with Crippen LogP contribution >= 0.6 is 0 Å². The number of nitrogens with one attached hydrogen (secondary N) is 1. The zero-order chi connectivity index (χ0) is 11.7. The summed E-state index contributed by atoms with van der Waals surface area (Å²) >= 11 is 0. The predicted molar refractivity (Wildman–Crippen MR) is 65.1 cm³/mol. The maximum absolute atomic E-state index is 5.74. The number of aryl methyl sites for hydroxylation is 1. The fourth-order valence-corrected chi connectivity index (χ4v) is 2.13. The lowest BCUT2D eigenvalue weighted by Crippen LogP contribution is -2.42. The second kappa shape index (κ2) is 4.47. The van der Waals surface area contributed by atoms with Gasteiger partial charge in [-0.3, -0.25) is 0 Å². The van der Waals surface area contributed by atoms with Crippen LogP contribution in [0.5, 0.6) is 0 Å². The molecular weight excluding hydrogens is 216 g/mol. The van der Waals surface area contributed by atoms with E-state index in [-0.39, 0.29) is 0 Å². The van der Waals surface area contributed by atoms with Crippen LogP contribution in [0.15, 0.2) is 22.6 Å². The van der Waals surface area contributed by atoms with Crippen molar-refractivity contribution in [3.05, 3.63) is 29.7 Å². The Bertz CT molecular complexity index is 515. The fourth-order valence-electron chi connectivity index (χ4n) is 2.13. The minimum absolute atomic E-state index is 0.318. The summed E-state index contributed by atoms with van der Waals surface area (Å²) in [5, 5.41) is 3.40. The van der Waals surface area contributed by atoms with E-state index in [0.717, 1.165) is 43.2 Å². The van der Waals surface area contributed by atoms with Gasteiger partial charge in [0.05, 0.1) is 13.2 Å². The lowest BCUT2D eigenvalue weighted by atomic mass is 10.2. The van der Waals surface area contributed by atoms with Gasteiger partial charge in [-0.2, -0.15) is 0 Å². The summed E-state index contributed by atoms with van der Waals surface area (Å²) in [6.45, 7) is 4.49. The number of rotatable bonds is 2. The predicted octanol–water partition coefficient (Wildman–Crippen LogP) is 1.67. The molecule has 1 fully saturated rings. The van der Waals surface area contributed by atoms with Gasteiger partial charge in [0.1, 0.15) is 5.52 Å². The number of fused-ring (bicyclic) bond motifs is 1. The second-order valence-corrected chi connectivity index (χ2v) is 4.51. The molecule has 1 aliphatic heterocycles. The van der Waals surface area contributed by atoms with E-state index in [9.17, 15) is 0 Å². The summed E-state index contributed by atoms with van der Waals surface area (Å²) in [4.78, 5) is 4.49. The van der Waals surface area contributed by atoms with Crippen LogP contribution in [-0.4, -0.2) is 30.8 Å². The van der Waals surface area contributed by atoms with Gasteiger partial charge < -0.3 is 14.5 Å². The normalized spacial score (nSPS) is 20.9. The van der Waals surface area contributed by atoms with Crippen molar-refractivity contribution in [2.24, 2.45) is 0 Å². The number of ether oxygens (including phenoxy) is 1. The molecule has 1 aromatic heterocycles. The van der Waals surface area contributed by atoms with Crippen molar-refractivity contribution in [1.82, 2.24) is 10.3 Å². The first-order valence-corrected chi connectivity index (χ1v) is 5.98. The first-order chi connectivity index (χ1) is 8.31. The van der Waals surface area contributed by atoms with E-state index in [1.807, 2.05) is 12.1 Å². The Labute approximate surface area is 100.0 Å². The molecule has 1 unspecified atom stereocenters. The highest BCUT2D eigenvalue weighted by atomic mass is 16.5. The zero-order valence-electron chi connectivity index (χ0n) is 9.90. The summed E-state index contributed by atoms with van der Waals surface area (Å²) in [5.41, 5.74) is 3.00. The van der Waals surface area contributed by atoms with Crippen molar-refractivity contribution in [2.75, 3.05) is 19.8 Å². The average Bonchev–Trinajstić information content (AvgIpc) is 2.71. The Morgan fingerprint density at radius 3 is 3.24 bits per heavy atom. The van der Waals surface area contributed by atoms with Gasteiger partial charge in [0, 0.05) is 19.0 Å². The van der Waals surface area contributed by atoms with Crippen molar-refractivity contribution in [1.29, 1.82) is 0 Å². The van der Waals surface area contributed by atoms with Crippen LogP contribution in [0.25, 0.3) is 11.1 Å². The lowest BCUT2D eigenvalue weighted by Gasteiger charge is -2.22. The van der Waals surface area contributed by atoms with E-state index >= 15 is 0 Å². The highest BCUT2D eigenvalue weighted by Gasteiger charge is 2.16. The summed E-state index contributed by atoms with van der Waals surface area (Å²) in [6.07, 6.45) is 0.785. The Morgan fingerprint density at radius 2 is 2.41 bits per heavy atom. The highest BCUT2D eigenvalue weighted by molar-refractivity contribution is 5.73. The summed E-state index contributed by atoms with van der Waals surface area (Å²) in [5.74, 6) is 0.786. The fraction of sp³-hybridized carbons (Fsp3) is 0.462. The third-order valence-electron chi connectivity index (χ3n) is 3.01. The van der Waals surface area contributed by atoms with Crippen molar-refractivity contribution in [2.45, 2.75) is 19.4 Å². The monoisotopic (exact) mass is 232 g/mol. The minimum Gasteiger partial charge on any atom is -0.441 e. The first kappa shape index (κ1) is 10.7. The molecule has 1 N–H and O–H groups in total. The Morgan fingerprint density at radius 1 is 1.47 bits per heavy atom. The van der Waals surface area contributed by atoms with Crippen LogP contribution in [-0.2, 0) is 11.2 Å². The summed E-state index contributed by atoms with van der Waals surface area (Å²) < 4.78 is 11.2. The van der Waals surface area contributed by atoms with Gasteiger partial charge in [-0.25, -0.2) is 4.98 Å². The Kier molecular flexibility index (Phi) is 2.82. The van der Waals surface area contributed by atoms with Crippen LogP contribution in [0.2, 0.25) is 0 Å². The van der Waals surface area contributed by atoms with E-state index in [1.165, 1.54) is 5.56 Å². The van der Waals surface area contributed by atoms with Gasteiger partial charge in [-0.15, -0.1) is 0 Å². The molecule has 0 bridgehead atoms. The van der Waals surface area contributed by atoms with Crippen LogP contribution < -0.4 is 5.32 Å². The molecule has 0 amide bonds. The minimum atomic E-state index is 0.318. The van der Waals surface area contributed by atoms with Crippen LogP contribution in [0.1, 0.15) is 11.5 Å². The number of nitrogens with zero attached hydrogens (tertiary/aromatic N) is 1. The number of benzene rings is 1. The molecular formula is C13H16N2O2. The van der Waals surface area contributed by atoms with E-state index in [4.69, 9.17) is 9.15 Å². The van der Waals surface area contributed by atoms with E-state index in [1.54, 1.807) is 0 Å². The van der Waals surface area contributed by atoms with Crippen molar-refractivity contribution < 1.29 is 9.15 Å². The summed E-state index contributed by atoms with van der Waals surface area (Å²) in [7, 11) is 0. The van der Waals surface area contributed by atoms with Gasteiger partial charge in [0.2, 0.25) is 0 Å². The van der Waals surface area contributed by atoms with Crippen molar-refractivity contribution in [3.63, 3.8) is 0 Å². The van der Waals surface area contributed by atoms with Gasteiger partial charge in [-0.05, 0) is 24.6 Å². The SMILES string of the molecule is Cc1ccc2nc(CC3COCCN3)oc2c1. The third kappa shape index (κ3) is 2.33. The molecule has 0 aliphatic carbocycles. The van der Waals surface area contributed by atoms with Gasteiger partial charge in [0.15, 0.2) is 11.5 Å².